The molecular weight excluding hydrogens is 326 g/mol. The van der Waals surface area contributed by atoms with Crippen molar-refractivity contribution >= 4 is 5.91 Å². The largest absolute Gasteiger partial charge is 0.497 e. The maximum absolute atomic E-state index is 12.4. The number of benzene rings is 2. The van der Waals surface area contributed by atoms with Crippen molar-refractivity contribution < 1.29 is 14.3 Å². The Morgan fingerprint density at radius 3 is 2.35 bits per heavy atom. The minimum atomic E-state index is -0.460. The first-order chi connectivity index (χ1) is 12.5. The second kappa shape index (κ2) is 9.85. The Balaban J connectivity index is 1.78. The third-order valence-electron chi connectivity index (χ3n) is 4.52. The number of aryl methyl sites for hydroxylation is 3. The van der Waals surface area contributed by atoms with Gasteiger partial charge in [0.2, 0.25) is 0 Å². The molecule has 1 N–H and O–H groups in total. The Hall–Kier alpha value is -2.49. The summed E-state index contributed by atoms with van der Waals surface area (Å²) in [5.74, 6) is 1.55. The van der Waals surface area contributed by atoms with Gasteiger partial charge < -0.3 is 14.8 Å². The number of amides is 1. The molecule has 0 bridgehead atoms. The van der Waals surface area contributed by atoms with Crippen molar-refractivity contribution in [1.29, 1.82) is 0 Å². The molecule has 0 heterocycles. The first kappa shape index (κ1) is 19.8. The standard InChI is InChI=1S/C22H29NO3/c1-5-21(26-20-11-8-16(2)17(3)15-20)22(24)23-14-6-7-18-9-12-19(25-4)13-10-18/h8-13,15,21H,5-7,14H2,1-4H3,(H,23,24). The van der Waals surface area contributed by atoms with Crippen molar-refractivity contribution in [3.8, 4) is 11.5 Å². The smallest absolute Gasteiger partial charge is 0.261 e. The second-order valence-corrected chi connectivity index (χ2v) is 6.50. The van der Waals surface area contributed by atoms with E-state index < -0.39 is 6.10 Å². The summed E-state index contributed by atoms with van der Waals surface area (Å²) in [5, 5.41) is 2.98. The molecule has 4 nitrogen and oxygen atoms in total. The zero-order valence-corrected chi connectivity index (χ0v) is 16.2. The number of hydrogen-bond donors (Lipinski definition) is 1. The highest BCUT2D eigenvalue weighted by Gasteiger charge is 2.18. The van der Waals surface area contributed by atoms with Crippen LogP contribution in [0.25, 0.3) is 0 Å². The molecule has 0 aromatic heterocycles. The second-order valence-electron chi connectivity index (χ2n) is 6.50. The van der Waals surface area contributed by atoms with Crippen molar-refractivity contribution in [2.75, 3.05) is 13.7 Å². The number of methoxy groups -OCH3 is 1. The van der Waals surface area contributed by atoms with Gasteiger partial charge in [0.15, 0.2) is 6.10 Å². The van der Waals surface area contributed by atoms with Crippen LogP contribution in [0.5, 0.6) is 11.5 Å². The number of hydrogen-bond acceptors (Lipinski definition) is 3. The van der Waals surface area contributed by atoms with E-state index in [0.717, 1.165) is 29.9 Å². The van der Waals surface area contributed by atoms with Crippen LogP contribution in [-0.4, -0.2) is 25.7 Å². The van der Waals surface area contributed by atoms with Gasteiger partial charge in [-0.2, -0.15) is 0 Å². The molecule has 4 heteroatoms. The zero-order valence-electron chi connectivity index (χ0n) is 16.2. The van der Waals surface area contributed by atoms with Crippen LogP contribution in [-0.2, 0) is 11.2 Å². The maximum Gasteiger partial charge on any atom is 0.261 e. The van der Waals surface area contributed by atoms with E-state index in [1.54, 1.807) is 7.11 Å². The lowest BCUT2D eigenvalue weighted by molar-refractivity contribution is -0.128. The average molecular weight is 355 g/mol. The van der Waals surface area contributed by atoms with E-state index in [1.807, 2.05) is 44.2 Å². The van der Waals surface area contributed by atoms with Crippen LogP contribution in [0.4, 0.5) is 0 Å². The minimum Gasteiger partial charge on any atom is -0.497 e. The molecule has 0 aliphatic heterocycles. The van der Waals surface area contributed by atoms with Gasteiger partial charge in [0, 0.05) is 6.54 Å². The Morgan fingerprint density at radius 2 is 1.73 bits per heavy atom. The normalized spacial score (nSPS) is 11.7. The molecule has 0 fully saturated rings. The van der Waals surface area contributed by atoms with Crippen LogP contribution in [0.1, 0.15) is 36.5 Å². The highest BCUT2D eigenvalue weighted by atomic mass is 16.5. The van der Waals surface area contributed by atoms with Crippen LogP contribution < -0.4 is 14.8 Å². The molecule has 2 rings (SSSR count). The van der Waals surface area contributed by atoms with Gasteiger partial charge in [-0.3, -0.25) is 4.79 Å². The first-order valence-corrected chi connectivity index (χ1v) is 9.18. The third kappa shape index (κ3) is 5.80. The lowest BCUT2D eigenvalue weighted by Gasteiger charge is -2.18. The molecular formula is C22H29NO3. The maximum atomic E-state index is 12.4. The predicted octanol–water partition coefficient (Wildman–Crippen LogP) is 4.22. The molecule has 1 unspecified atom stereocenters. The summed E-state index contributed by atoms with van der Waals surface area (Å²) < 4.78 is 11.0. The van der Waals surface area contributed by atoms with Crippen molar-refractivity contribution in [3.63, 3.8) is 0 Å². The van der Waals surface area contributed by atoms with E-state index in [-0.39, 0.29) is 5.91 Å². The molecule has 2 aromatic carbocycles. The van der Waals surface area contributed by atoms with Crippen LogP contribution >= 0.6 is 0 Å². The van der Waals surface area contributed by atoms with Crippen LogP contribution in [0.2, 0.25) is 0 Å². The molecule has 1 atom stereocenters. The van der Waals surface area contributed by atoms with Crippen molar-refractivity contribution in [1.82, 2.24) is 5.32 Å². The highest BCUT2D eigenvalue weighted by molar-refractivity contribution is 5.81. The Morgan fingerprint density at radius 1 is 1.04 bits per heavy atom. The minimum absolute atomic E-state index is 0.0551. The third-order valence-corrected chi connectivity index (χ3v) is 4.52. The molecule has 0 radical (unpaired) electrons. The summed E-state index contributed by atoms with van der Waals surface area (Å²) in [5.41, 5.74) is 3.61. The van der Waals surface area contributed by atoms with Crippen LogP contribution in [0.3, 0.4) is 0 Å². The summed E-state index contributed by atoms with van der Waals surface area (Å²) in [7, 11) is 1.66. The quantitative estimate of drug-likeness (QED) is 0.685. The fourth-order valence-electron chi connectivity index (χ4n) is 2.68. The fourth-order valence-corrected chi connectivity index (χ4v) is 2.68. The van der Waals surface area contributed by atoms with Gasteiger partial charge in [-0.05, 0) is 74.1 Å². The van der Waals surface area contributed by atoms with Gasteiger partial charge in [0.05, 0.1) is 7.11 Å². The molecule has 0 spiro atoms. The number of ether oxygens (including phenoxy) is 2. The average Bonchev–Trinajstić information content (AvgIpc) is 2.66. The van der Waals surface area contributed by atoms with Gasteiger partial charge in [-0.25, -0.2) is 0 Å². The van der Waals surface area contributed by atoms with E-state index in [1.165, 1.54) is 11.1 Å². The summed E-state index contributed by atoms with van der Waals surface area (Å²) in [6.07, 6.45) is 1.98. The van der Waals surface area contributed by atoms with Gasteiger partial charge in [-0.1, -0.05) is 25.1 Å². The lowest BCUT2D eigenvalue weighted by atomic mass is 10.1. The number of carbonyl (C=O) groups is 1. The van der Waals surface area contributed by atoms with Crippen LogP contribution in [0, 0.1) is 13.8 Å². The Kier molecular flexibility index (Phi) is 7.52. The number of rotatable bonds is 9. The SMILES string of the molecule is CCC(Oc1ccc(C)c(C)c1)C(=O)NCCCc1ccc(OC)cc1. The number of nitrogens with one attached hydrogen (secondary N) is 1. The molecule has 26 heavy (non-hydrogen) atoms. The van der Waals surface area contributed by atoms with Crippen molar-refractivity contribution in [2.45, 2.75) is 46.1 Å². The van der Waals surface area contributed by atoms with Crippen molar-refractivity contribution in [2.24, 2.45) is 0 Å². The van der Waals surface area contributed by atoms with Gasteiger partial charge in [0.25, 0.3) is 5.91 Å². The summed E-state index contributed by atoms with van der Waals surface area (Å²) in [6, 6.07) is 13.9. The van der Waals surface area contributed by atoms with Crippen molar-refractivity contribution in [3.05, 3.63) is 59.2 Å². The molecule has 0 saturated carbocycles. The molecule has 2 aromatic rings. The molecule has 0 saturated heterocycles. The van der Waals surface area contributed by atoms with E-state index in [2.05, 4.69) is 24.4 Å². The van der Waals surface area contributed by atoms with E-state index in [0.29, 0.717) is 13.0 Å². The van der Waals surface area contributed by atoms with E-state index in [9.17, 15) is 4.79 Å². The van der Waals surface area contributed by atoms with Crippen LogP contribution in [0.15, 0.2) is 42.5 Å². The van der Waals surface area contributed by atoms with Gasteiger partial charge >= 0.3 is 0 Å². The van der Waals surface area contributed by atoms with Gasteiger partial charge in [0.1, 0.15) is 11.5 Å². The summed E-state index contributed by atoms with van der Waals surface area (Å²) in [6.45, 7) is 6.70. The molecule has 1 amide bonds. The summed E-state index contributed by atoms with van der Waals surface area (Å²) >= 11 is 0. The monoisotopic (exact) mass is 355 g/mol. The topological polar surface area (TPSA) is 47.6 Å². The highest BCUT2D eigenvalue weighted by Crippen LogP contribution is 2.18. The predicted molar refractivity (Wildman–Crippen MR) is 105 cm³/mol. The fraction of sp³-hybridized carbons (Fsp3) is 0.409. The Bertz CT molecular complexity index is 710. The molecule has 0 aliphatic carbocycles. The molecule has 0 aliphatic rings. The molecule has 140 valence electrons. The Labute approximate surface area is 156 Å². The number of carbonyl (C=O) groups excluding carboxylic acids is 1. The first-order valence-electron chi connectivity index (χ1n) is 9.18. The lowest BCUT2D eigenvalue weighted by Crippen LogP contribution is -2.38. The van der Waals surface area contributed by atoms with Gasteiger partial charge in [-0.15, -0.1) is 0 Å². The van der Waals surface area contributed by atoms with E-state index in [4.69, 9.17) is 9.47 Å². The summed E-state index contributed by atoms with van der Waals surface area (Å²) in [4.78, 5) is 12.4. The van der Waals surface area contributed by atoms with E-state index >= 15 is 0 Å². The zero-order chi connectivity index (χ0) is 18.9.